The quantitative estimate of drug-likeness (QED) is 0.888. The number of carbonyl (C=O) groups is 2. The number of furan rings is 1. The van der Waals surface area contributed by atoms with Crippen molar-refractivity contribution in [2.24, 2.45) is 0 Å². The number of hydrogen-bond acceptors (Lipinski definition) is 3. The first-order chi connectivity index (χ1) is 11.0. The number of carbonyl (C=O) groups excluding carboxylic acids is 1. The van der Waals surface area contributed by atoms with Crippen molar-refractivity contribution in [2.75, 3.05) is 0 Å². The number of benzene rings is 1. The van der Waals surface area contributed by atoms with E-state index in [1.165, 1.54) is 18.4 Å². The van der Waals surface area contributed by atoms with Gasteiger partial charge in [-0.15, -0.1) is 0 Å². The third-order valence-corrected chi connectivity index (χ3v) is 3.97. The van der Waals surface area contributed by atoms with Gasteiger partial charge in [-0.1, -0.05) is 12.1 Å². The fraction of sp³-hybridized carbons (Fsp3) is 0.294. The number of amides is 1. The van der Waals surface area contributed by atoms with E-state index in [2.05, 4.69) is 5.32 Å². The molecule has 1 aliphatic rings. The molecule has 5 nitrogen and oxygen atoms in total. The Morgan fingerprint density at radius 2 is 2.22 bits per heavy atom. The first-order valence-corrected chi connectivity index (χ1v) is 7.30. The van der Waals surface area contributed by atoms with Crippen molar-refractivity contribution < 1.29 is 23.5 Å². The van der Waals surface area contributed by atoms with Crippen LogP contribution in [-0.2, 0) is 11.2 Å². The van der Waals surface area contributed by atoms with Gasteiger partial charge in [0.2, 0.25) is 0 Å². The molecule has 0 spiro atoms. The monoisotopic (exact) mass is 317 g/mol. The van der Waals surface area contributed by atoms with E-state index in [-0.39, 0.29) is 41.4 Å². The molecule has 1 heterocycles. The highest BCUT2D eigenvalue weighted by Gasteiger charge is 2.40. The lowest BCUT2D eigenvalue weighted by Gasteiger charge is -2.06. The predicted octanol–water partition coefficient (Wildman–Crippen LogP) is 2.64. The van der Waals surface area contributed by atoms with E-state index in [0.717, 1.165) is 12.0 Å². The summed E-state index contributed by atoms with van der Waals surface area (Å²) in [5.74, 6) is -1.47. The van der Waals surface area contributed by atoms with Crippen LogP contribution in [0, 0.1) is 12.7 Å². The third-order valence-electron chi connectivity index (χ3n) is 3.97. The van der Waals surface area contributed by atoms with Crippen LogP contribution in [0.3, 0.4) is 0 Å². The van der Waals surface area contributed by atoms with Crippen molar-refractivity contribution in [3.8, 4) is 0 Å². The van der Waals surface area contributed by atoms with Crippen LogP contribution in [0.4, 0.5) is 4.39 Å². The van der Waals surface area contributed by atoms with Gasteiger partial charge in [0.15, 0.2) is 0 Å². The molecule has 1 aromatic carbocycles. The molecule has 120 valence electrons. The molecule has 2 aromatic rings. The molecule has 3 rings (SSSR count). The molecule has 0 saturated heterocycles. The van der Waals surface area contributed by atoms with E-state index < -0.39 is 5.97 Å². The van der Waals surface area contributed by atoms with Crippen LogP contribution in [0.5, 0.6) is 0 Å². The van der Waals surface area contributed by atoms with Crippen molar-refractivity contribution in [1.29, 1.82) is 0 Å². The molecule has 23 heavy (non-hydrogen) atoms. The van der Waals surface area contributed by atoms with Gasteiger partial charge in [-0.05, 0) is 31.0 Å². The van der Waals surface area contributed by atoms with Gasteiger partial charge in [0.1, 0.15) is 18.0 Å². The Labute approximate surface area is 132 Å². The summed E-state index contributed by atoms with van der Waals surface area (Å²) in [6.45, 7) is 1.70. The number of halogens is 1. The van der Waals surface area contributed by atoms with Crippen LogP contribution < -0.4 is 5.32 Å². The lowest BCUT2D eigenvalue weighted by Crippen LogP contribution is -2.28. The zero-order valence-electron chi connectivity index (χ0n) is 12.5. The first kappa shape index (κ1) is 15.3. The predicted molar refractivity (Wildman–Crippen MR) is 79.8 cm³/mol. The summed E-state index contributed by atoms with van der Waals surface area (Å²) in [7, 11) is 0. The van der Waals surface area contributed by atoms with Gasteiger partial charge >= 0.3 is 5.97 Å². The maximum atomic E-state index is 13.2. The summed E-state index contributed by atoms with van der Waals surface area (Å²) in [6, 6.07) is 6.25. The summed E-state index contributed by atoms with van der Waals surface area (Å²) < 4.78 is 18.4. The van der Waals surface area contributed by atoms with E-state index in [9.17, 15) is 14.0 Å². The molecule has 0 aliphatic heterocycles. The summed E-state index contributed by atoms with van der Waals surface area (Å²) in [6.07, 6.45) is 1.78. The lowest BCUT2D eigenvalue weighted by molar-refractivity contribution is -0.136. The Morgan fingerprint density at radius 1 is 1.43 bits per heavy atom. The van der Waals surface area contributed by atoms with Crippen molar-refractivity contribution in [1.82, 2.24) is 5.32 Å². The van der Waals surface area contributed by atoms with Gasteiger partial charge in [-0.2, -0.15) is 0 Å². The second-order valence-electron chi connectivity index (χ2n) is 5.76. The Balaban J connectivity index is 1.69. The van der Waals surface area contributed by atoms with E-state index >= 15 is 0 Å². The van der Waals surface area contributed by atoms with Gasteiger partial charge in [-0.3, -0.25) is 9.59 Å². The number of rotatable bonds is 5. The average molecular weight is 317 g/mol. The maximum Gasteiger partial charge on any atom is 0.311 e. The normalized spacial score (nSPS) is 19.4. The number of carboxylic acid groups (broad SMARTS) is 1. The molecule has 2 atom stereocenters. The van der Waals surface area contributed by atoms with Gasteiger partial charge in [0.25, 0.3) is 5.91 Å². The van der Waals surface area contributed by atoms with E-state index in [1.807, 2.05) is 6.07 Å². The molecule has 1 aliphatic carbocycles. The van der Waals surface area contributed by atoms with Gasteiger partial charge in [0, 0.05) is 17.5 Å². The second-order valence-corrected chi connectivity index (χ2v) is 5.76. The average Bonchev–Trinajstić information content (AvgIpc) is 3.14. The summed E-state index contributed by atoms with van der Waals surface area (Å²) in [4.78, 5) is 23.2. The zero-order chi connectivity index (χ0) is 16.6. The number of aryl methyl sites for hydroxylation is 1. The van der Waals surface area contributed by atoms with Crippen LogP contribution in [-0.4, -0.2) is 23.0 Å². The second kappa shape index (κ2) is 5.87. The Hall–Kier alpha value is -2.63. The zero-order valence-corrected chi connectivity index (χ0v) is 12.5. The fourth-order valence-corrected chi connectivity index (χ4v) is 2.77. The highest BCUT2D eigenvalue weighted by atomic mass is 19.1. The van der Waals surface area contributed by atoms with Gasteiger partial charge in [-0.25, -0.2) is 4.39 Å². The molecule has 0 radical (unpaired) electrons. The number of nitrogens with one attached hydrogen (secondary N) is 1. The topological polar surface area (TPSA) is 79.5 Å². The van der Waals surface area contributed by atoms with Gasteiger partial charge in [0.05, 0.1) is 11.8 Å². The molecular weight excluding hydrogens is 301 g/mol. The van der Waals surface area contributed by atoms with E-state index in [0.29, 0.717) is 5.56 Å². The summed E-state index contributed by atoms with van der Waals surface area (Å²) in [5.41, 5.74) is 1.73. The Bertz CT molecular complexity index is 768. The standard InChI is InChI=1S/C17H16FNO4/c1-9-8-23-14(7-15(20)21)16(9)17(22)19-13-6-12(13)10-3-2-4-11(18)5-10/h2-5,8,12-13H,6-7H2,1H3,(H,19,22)(H,20,21)/t12-,13+/m0/s1. The number of aliphatic carboxylic acids is 1. The van der Waals surface area contributed by atoms with Gasteiger partial charge < -0.3 is 14.8 Å². The number of carboxylic acids is 1. The smallest absolute Gasteiger partial charge is 0.311 e. The molecular formula is C17H16FNO4. The minimum Gasteiger partial charge on any atom is -0.481 e. The number of hydrogen-bond donors (Lipinski definition) is 2. The molecule has 1 aromatic heterocycles. The molecule has 1 fully saturated rings. The van der Waals surface area contributed by atoms with Crippen LogP contribution in [0.15, 0.2) is 34.9 Å². The minimum absolute atomic E-state index is 0.0729. The Kier molecular flexibility index (Phi) is 3.90. The van der Waals surface area contributed by atoms with Crippen LogP contribution in [0.1, 0.15) is 39.6 Å². The molecule has 0 unspecified atom stereocenters. The first-order valence-electron chi connectivity index (χ1n) is 7.30. The van der Waals surface area contributed by atoms with Crippen LogP contribution in [0.25, 0.3) is 0 Å². The van der Waals surface area contributed by atoms with Crippen molar-refractivity contribution in [3.63, 3.8) is 0 Å². The largest absolute Gasteiger partial charge is 0.481 e. The highest BCUT2D eigenvalue weighted by Crippen LogP contribution is 2.41. The summed E-state index contributed by atoms with van der Waals surface area (Å²) >= 11 is 0. The molecule has 1 saturated carbocycles. The van der Waals surface area contributed by atoms with E-state index in [4.69, 9.17) is 9.52 Å². The molecule has 6 heteroatoms. The highest BCUT2D eigenvalue weighted by molar-refractivity contribution is 5.97. The summed E-state index contributed by atoms with van der Waals surface area (Å²) in [5, 5.41) is 11.7. The molecule has 2 N–H and O–H groups in total. The SMILES string of the molecule is Cc1coc(CC(=O)O)c1C(=O)N[C@@H]1C[C@H]1c1cccc(F)c1. The maximum absolute atomic E-state index is 13.2. The molecule has 1 amide bonds. The molecule has 0 bridgehead atoms. The third kappa shape index (κ3) is 3.26. The Morgan fingerprint density at radius 3 is 2.91 bits per heavy atom. The van der Waals surface area contributed by atoms with Crippen molar-refractivity contribution in [3.05, 3.63) is 58.8 Å². The van der Waals surface area contributed by atoms with Crippen LogP contribution in [0.2, 0.25) is 0 Å². The minimum atomic E-state index is -1.06. The van der Waals surface area contributed by atoms with Crippen LogP contribution >= 0.6 is 0 Å². The fourth-order valence-electron chi connectivity index (χ4n) is 2.77. The van der Waals surface area contributed by atoms with Crippen molar-refractivity contribution in [2.45, 2.75) is 31.7 Å². The van der Waals surface area contributed by atoms with E-state index in [1.54, 1.807) is 13.0 Å². The van der Waals surface area contributed by atoms with Crippen molar-refractivity contribution >= 4 is 11.9 Å². The lowest BCUT2D eigenvalue weighted by atomic mass is 10.1.